The van der Waals surface area contributed by atoms with Crippen LogP contribution in [0.1, 0.15) is 32.6 Å². The Morgan fingerprint density at radius 3 is 2.55 bits per heavy atom. The summed E-state index contributed by atoms with van der Waals surface area (Å²) in [4.78, 5) is 15.4. The van der Waals surface area contributed by atoms with Crippen LogP contribution in [0.5, 0.6) is 0 Å². The predicted molar refractivity (Wildman–Crippen MR) is 86.4 cm³/mol. The van der Waals surface area contributed by atoms with Gasteiger partial charge in [-0.2, -0.15) is 0 Å². The number of hydrogen-bond donors (Lipinski definition) is 0. The highest BCUT2D eigenvalue weighted by molar-refractivity contribution is 8.00. The SMILES string of the molecule is CC(Sc1ccc(Cl)cc1)C(=O)N(C)CC1CCCC1. The molecular formula is C16H22ClNOS. The topological polar surface area (TPSA) is 20.3 Å². The van der Waals surface area contributed by atoms with Gasteiger partial charge in [-0.05, 0) is 49.9 Å². The van der Waals surface area contributed by atoms with Crippen molar-refractivity contribution >= 4 is 29.3 Å². The molecule has 2 rings (SSSR count). The molecular weight excluding hydrogens is 290 g/mol. The van der Waals surface area contributed by atoms with Gasteiger partial charge in [-0.25, -0.2) is 0 Å². The zero-order chi connectivity index (χ0) is 14.5. The quantitative estimate of drug-likeness (QED) is 0.748. The molecule has 0 heterocycles. The lowest BCUT2D eigenvalue weighted by atomic mass is 10.1. The van der Waals surface area contributed by atoms with Gasteiger partial charge in [0.1, 0.15) is 0 Å². The fraction of sp³-hybridized carbons (Fsp3) is 0.562. The molecule has 1 atom stereocenters. The molecule has 1 aromatic carbocycles. The molecule has 2 nitrogen and oxygen atoms in total. The number of halogens is 1. The van der Waals surface area contributed by atoms with Gasteiger partial charge in [-0.1, -0.05) is 24.4 Å². The number of rotatable bonds is 5. The summed E-state index contributed by atoms with van der Waals surface area (Å²) in [5, 5.41) is 0.675. The highest BCUT2D eigenvalue weighted by Crippen LogP contribution is 2.28. The van der Waals surface area contributed by atoms with E-state index in [2.05, 4.69) is 0 Å². The molecule has 0 saturated heterocycles. The molecule has 20 heavy (non-hydrogen) atoms. The second-order valence-corrected chi connectivity index (χ2v) is 7.43. The van der Waals surface area contributed by atoms with E-state index in [1.54, 1.807) is 11.8 Å². The fourth-order valence-corrected chi connectivity index (χ4v) is 3.86. The van der Waals surface area contributed by atoms with Crippen LogP contribution in [-0.2, 0) is 4.79 Å². The molecule has 4 heteroatoms. The molecule has 110 valence electrons. The maximum Gasteiger partial charge on any atom is 0.235 e. The van der Waals surface area contributed by atoms with Crippen LogP contribution in [-0.4, -0.2) is 29.6 Å². The average molecular weight is 312 g/mol. The monoisotopic (exact) mass is 311 g/mol. The average Bonchev–Trinajstić information content (AvgIpc) is 2.93. The van der Waals surface area contributed by atoms with Gasteiger partial charge in [0.2, 0.25) is 5.91 Å². The molecule has 1 amide bonds. The van der Waals surface area contributed by atoms with Crippen molar-refractivity contribution in [2.24, 2.45) is 5.92 Å². The molecule has 1 aliphatic carbocycles. The Hall–Kier alpha value is -0.670. The van der Waals surface area contributed by atoms with Crippen molar-refractivity contribution in [1.29, 1.82) is 0 Å². The third-order valence-corrected chi connectivity index (χ3v) is 5.21. The lowest BCUT2D eigenvalue weighted by Gasteiger charge is -2.24. The van der Waals surface area contributed by atoms with Crippen molar-refractivity contribution in [1.82, 2.24) is 4.90 Å². The number of carbonyl (C=O) groups excluding carboxylic acids is 1. The molecule has 1 fully saturated rings. The molecule has 1 saturated carbocycles. The van der Waals surface area contributed by atoms with Gasteiger partial charge < -0.3 is 4.90 Å². The van der Waals surface area contributed by atoms with E-state index in [4.69, 9.17) is 11.6 Å². The summed E-state index contributed by atoms with van der Waals surface area (Å²) in [5.41, 5.74) is 0. The molecule has 0 spiro atoms. The van der Waals surface area contributed by atoms with Crippen molar-refractivity contribution in [2.45, 2.75) is 42.8 Å². The summed E-state index contributed by atoms with van der Waals surface area (Å²) in [6, 6.07) is 7.66. The van der Waals surface area contributed by atoms with Crippen molar-refractivity contribution in [2.75, 3.05) is 13.6 Å². The molecule has 1 aromatic rings. The van der Waals surface area contributed by atoms with Gasteiger partial charge in [-0.3, -0.25) is 4.79 Å². The second-order valence-electron chi connectivity index (χ2n) is 5.58. The molecule has 0 radical (unpaired) electrons. The molecule has 1 aliphatic rings. The second kappa shape index (κ2) is 7.37. The zero-order valence-electron chi connectivity index (χ0n) is 12.1. The first-order valence-electron chi connectivity index (χ1n) is 7.23. The number of thioether (sulfide) groups is 1. The number of nitrogens with zero attached hydrogens (tertiary/aromatic N) is 1. The predicted octanol–water partition coefficient (Wildman–Crippen LogP) is 4.47. The molecule has 0 aliphatic heterocycles. The van der Waals surface area contributed by atoms with Crippen LogP contribution in [0.25, 0.3) is 0 Å². The third kappa shape index (κ3) is 4.42. The number of amides is 1. The minimum absolute atomic E-state index is 0.0532. The Labute approximate surface area is 130 Å². The first kappa shape index (κ1) is 15.7. The van der Waals surface area contributed by atoms with Gasteiger partial charge in [0.05, 0.1) is 5.25 Å². The molecule has 1 unspecified atom stereocenters. The van der Waals surface area contributed by atoms with E-state index >= 15 is 0 Å². The fourth-order valence-electron chi connectivity index (χ4n) is 2.75. The summed E-state index contributed by atoms with van der Waals surface area (Å²) in [6.07, 6.45) is 5.19. The highest BCUT2D eigenvalue weighted by Gasteiger charge is 2.23. The number of carbonyl (C=O) groups is 1. The van der Waals surface area contributed by atoms with Gasteiger partial charge in [-0.15, -0.1) is 11.8 Å². The summed E-state index contributed by atoms with van der Waals surface area (Å²) in [5.74, 6) is 0.925. The lowest BCUT2D eigenvalue weighted by molar-refractivity contribution is -0.129. The van der Waals surface area contributed by atoms with Crippen LogP contribution in [0.2, 0.25) is 5.02 Å². The Balaban J connectivity index is 1.85. The Kier molecular flexibility index (Phi) is 5.79. The number of hydrogen-bond acceptors (Lipinski definition) is 2. The third-order valence-electron chi connectivity index (χ3n) is 3.86. The maximum absolute atomic E-state index is 12.4. The van der Waals surface area contributed by atoms with E-state index in [0.717, 1.165) is 16.5 Å². The van der Waals surface area contributed by atoms with Crippen molar-refractivity contribution < 1.29 is 4.79 Å². The Morgan fingerprint density at radius 1 is 1.35 bits per heavy atom. The summed E-state index contributed by atoms with van der Waals surface area (Å²) >= 11 is 7.47. The summed E-state index contributed by atoms with van der Waals surface area (Å²) in [6.45, 7) is 2.89. The molecule has 0 aromatic heterocycles. The van der Waals surface area contributed by atoms with Crippen molar-refractivity contribution in [3.8, 4) is 0 Å². The van der Waals surface area contributed by atoms with E-state index < -0.39 is 0 Å². The van der Waals surface area contributed by atoms with Crippen LogP contribution in [0.15, 0.2) is 29.2 Å². The Morgan fingerprint density at radius 2 is 1.95 bits per heavy atom. The molecule has 0 N–H and O–H groups in total. The Bertz CT molecular complexity index is 442. The number of benzene rings is 1. The largest absolute Gasteiger partial charge is 0.345 e. The minimum Gasteiger partial charge on any atom is -0.345 e. The van der Waals surface area contributed by atoms with Gasteiger partial charge in [0.25, 0.3) is 0 Å². The minimum atomic E-state index is -0.0532. The lowest BCUT2D eigenvalue weighted by Crippen LogP contribution is -2.36. The summed E-state index contributed by atoms with van der Waals surface area (Å²) < 4.78 is 0. The standard InChI is InChI=1S/C16H22ClNOS/c1-12(20-15-9-7-14(17)8-10-15)16(19)18(2)11-13-5-3-4-6-13/h7-10,12-13H,3-6,11H2,1-2H3. The zero-order valence-corrected chi connectivity index (χ0v) is 13.7. The van der Waals surface area contributed by atoms with Crippen molar-refractivity contribution in [3.05, 3.63) is 29.3 Å². The first-order chi connectivity index (χ1) is 9.56. The first-order valence-corrected chi connectivity index (χ1v) is 8.49. The summed E-state index contributed by atoms with van der Waals surface area (Å²) in [7, 11) is 1.93. The normalized spacial score (nSPS) is 17.1. The van der Waals surface area contributed by atoms with Gasteiger partial charge in [0.15, 0.2) is 0 Å². The highest BCUT2D eigenvalue weighted by atomic mass is 35.5. The van der Waals surface area contributed by atoms with Crippen LogP contribution >= 0.6 is 23.4 Å². The van der Waals surface area contributed by atoms with Crippen LogP contribution in [0, 0.1) is 5.92 Å². The van der Waals surface area contributed by atoms with E-state index in [0.29, 0.717) is 5.92 Å². The van der Waals surface area contributed by atoms with E-state index in [9.17, 15) is 4.79 Å². The molecule has 0 bridgehead atoms. The van der Waals surface area contributed by atoms with Crippen molar-refractivity contribution in [3.63, 3.8) is 0 Å². The maximum atomic E-state index is 12.4. The van der Waals surface area contributed by atoms with Crippen LogP contribution in [0.4, 0.5) is 0 Å². The van der Waals surface area contributed by atoms with Gasteiger partial charge >= 0.3 is 0 Å². The smallest absolute Gasteiger partial charge is 0.235 e. The van der Waals surface area contributed by atoms with E-state index in [1.165, 1.54) is 25.7 Å². The van der Waals surface area contributed by atoms with E-state index in [-0.39, 0.29) is 11.2 Å². The van der Waals surface area contributed by atoms with Gasteiger partial charge in [0, 0.05) is 23.5 Å². The van der Waals surface area contributed by atoms with Crippen LogP contribution in [0.3, 0.4) is 0 Å². The van der Waals surface area contributed by atoms with E-state index in [1.807, 2.05) is 43.1 Å². The van der Waals surface area contributed by atoms with Crippen LogP contribution < -0.4 is 0 Å².